The van der Waals surface area contributed by atoms with E-state index in [1.807, 2.05) is 35.2 Å². The number of nitrogens with zero attached hydrogens (tertiary/aromatic N) is 1. The number of carbonyl (C=O) groups excluding carboxylic acids is 1. The molecular weight excluding hydrogens is 440 g/mol. The number of hydrogen-bond acceptors (Lipinski definition) is 5. The Morgan fingerprint density at radius 3 is 2.81 bits per heavy atom. The first-order valence-corrected chi connectivity index (χ1v) is 10.8. The first-order chi connectivity index (χ1) is 14.9. The minimum Gasteiger partial charge on any atom is -0.394 e. The fourth-order valence-corrected chi connectivity index (χ4v) is 3.95. The highest BCUT2D eigenvalue weighted by molar-refractivity contribution is 6.36. The van der Waals surface area contributed by atoms with Crippen LogP contribution >= 0.6 is 23.2 Å². The van der Waals surface area contributed by atoms with Crippen molar-refractivity contribution in [3.05, 3.63) is 80.9 Å². The molecule has 3 rings (SSSR count). The minimum atomic E-state index is -1.28. The third kappa shape index (κ3) is 5.95. The number of carbonyl (C=O) groups is 1. The molecule has 166 valence electrons. The largest absolute Gasteiger partial charge is 0.394 e. The highest BCUT2D eigenvalue weighted by Gasteiger charge is 2.26. The first-order valence-electron chi connectivity index (χ1n) is 10.0. The molecule has 1 unspecified atom stereocenters. The van der Waals surface area contributed by atoms with Gasteiger partial charge < -0.3 is 27.0 Å². The molecule has 0 fully saturated rings. The van der Waals surface area contributed by atoms with E-state index < -0.39 is 12.1 Å². The highest BCUT2D eigenvalue weighted by atomic mass is 35.5. The van der Waals surface area contributed by atoms with E-state index in [-0.39, 0.29) is 23.7 Å². The van der Waals surface area contributed by atoms with Crippen molar-refractivity contribution < 1.29 is 9.18 Å². The molecule has 31 heavy (non-hydrogen) atoms. The molecule has 1 aliphatic heterocycles. The van der Waals surface area contributed by atoms with Crippen LogP contribution in [0.4, 0.5) is 4.39 Å². The number of hydrogen-bond donors (Lipinski definition) is 4. The summed E-state index contributed by atoms with van der Waals surface area (Å²) in [5.41, 5.74) is 14.3. The standard InChI is InChI=1S/C22H26Cl2FN5O/c23-16-6-7-17(25)20(24)15(16)13-30-11-10-28-21(27)19(30)12-18(26)22(31)29-9-8-14-4-2-1-3-5-14/h1-6,12,17,28H,7-11,13,26-27H2,(H,29,31)/b18-12-. The van der Waals surface area contributed by atoms with Crippen molar-refractivity contribution in [1.29, 1.82) is 0 Å². The topological polar surface area (TPSA) is 96.4 Å². The van der Waals surface area contributed by atoms with Gasteiger partial charge in [-0.25, -0.2) is 4.39 Å². The summed E-state index contributed by atoms with van der Waals surface area (Å²) in [6.07, 6.45) is 2.71. The van der Waals surface area contributed by atoms with Crippen LogP contribution in [0, 0.1) is 0 Å². The lowest BCUT2D eigenvalue weighted by Crippen LogP contribution is -2.43. The van der Waals surface area contributed by atoms with Gasteiger partial charge in [0.15, 0.2) is 0 Å². The smallest absolute Gasteiger partial charge is 0.267 e. The van der Waals surface area contributed by atoms with Crippen molar-refractivity contribution in [2.75, 3.05) is 26.2 Å². The third-order valence-corrected chi connectivity index (χ3v) is 5.96. The van der Waals surface area contributed by atoms with Crippen LogP contribution in [-0.4, -0.2) is 43.2 Å². The van der Waals surface area contributed by atoms with Crippen LogP contribution in [0.25, 0.3) is 0 Å². The summed E-state index contributed by atoms with van der Waals surface area (Å²) in [5.74, 6) is -0.0193. The summed E-state index contributed by atoms with van der Waals surface area (Å²) < 4.78 is 14.0. The SMILES string of the molecule is NC1=C(/C=C(\N)C(=O)NCCc2ccccc2)N(CC2=C(Cl)C(F)CC=C2Cl)CCN1. The molecule has 1 amide bonds. The third-order valence-electron chi connectivity index (χ3n) is 5.11. The Balaban J connectivity index is 1.69. The molecule has 1 aromatic rings. The fraction of sp³-hybridized carbons (Fsp3) is 0.318. The fourth-order valence-electron chi connectivity index (χ4n) is 3.40. The molecule has 1 aromatic carbocycles. The molecule has 6 nitrogen and oxygen atoms in total. The van der Waals surface area contributed by atoms with Crippen molar-refractivity contribution in [1.82, 2.24) is 15.5 Å². The Labute approximate surface area is 191 Å². The molecule has 2 aliphatic rings. The van der Waals surface area contributed by atoms with E-state index in [9.17, 15) is 9.18 Å². The maximum atomic E-state index is 14.0. The normalized spacial score (nSPS) is 19.8. The Hall–Kier alpha value is -2.64. The number of rotatable bonds is 7. The van der Waals surface area contributed by atoms with Crippen LogP contribution in [0.1, 0.15) is 12.0 Å². The lowest BCUT2D eigenvalue weighted by molar-refractivity contribution is -0.117. The average Bonchev–Trinajstić information content (AvgIpc) is 2.76. The summed E-state index contributed by atoms with van der Waals surface area (Å²) in [6.45, 7) is 1.85. The zero-order valence-corrected chi connectivity index (χ0v) is 18.5. The van der Waals surface area contributed by atoms with Crippen LogP contribution in [-0.2, 0) is 11.2 Å². The molecule has 9 heteroatoms. The molecule has 0 saturated heterocycles. The summed E-state index contributed by atoms with van der Waals surface area (Å²) >= 11 is 12.4. The zero-order chi connectivity index (χ0) is 22.4. The van der Waals surface area contributed by atoms with Crippen molar-refractivity contribution in [2.45, 2.75) is 19.0 Å². The summed E-state index contributed by atoms with van der Waals surface area (Å²) in [6, 6.07) is 9.83. The Bertz CT molecular complexity index is 942. The molecule has 1 heterocycles. The summed E-state index contributed by atoms with van der Waals surface area (Å²) in [4.78, 5) is 14.3. The maximum Gasteiger partial charge on any atom is 0.267 e. The van der Waals surface area contributed by atoms with Gasteiger partial charge in [0.2, 0.25) is 0 Å². The first kappa shape index (κ1) is 23.0. The lowest BCUT2D eigenvalue weighted by atomic mass is 10.0. The second-order valence-corrected chi connectivity index (χ2v) is 8.13. The number of allylic oxidation sites excluding steroid dienone is 3. The lowest BCUT2D eigenvalue weighted by Gasteiger charge is -2.33. The predicted octanol–water partition coefficient (Wildman–Crippen LogP) is 2.58. The molecule has 0 saturated carbocycles. The van der Waals surface area contributed by atoms with E-state index in [4.69, 9.17) is 34.7 Å². The highest BCUT2D eigenvalue weighted by Crippen LogP contribution is 2.33. The number of alkyl halides is 1. The number of nitrogens with one attached hydrogen (secondary N) is 2. The van der Waals surface area contributed by atoms with Gasteiger partial charge in [0, 0.05) is 43.2 Å². The van der Waals surface area contributed by atoms with E-state index in [0.29, 0.717) is 48.2 Å². The van der Waals surface area contributed by atoms with Crippen LogP contribution in [0.5, 0.6) is 0 Å². The van der Waals surface area contributed by atoms with Gasteiger partial charge in [-0.05, 0) is 18.1 Å². The van der Waals surface area contributed by atoms with E-state index in [0.717, 1.165) is 5.56 Å². The van der Waals surface area contributed by atoms with Gasteiger partial charge in [-0.3, -0.25) is 4.79 Å². The van der Waals surface area contributed by atoms with E-state index >= 15 is 0 Å². The van der Waals surface area contributed by atoms with Crippen molar-refractivity contribution in [2.24, 2.45) is 11.5 Å². The Morgan fingerprint density at radius 2 is 2.06 bits per heavy atom. The van der Waals surface area contributed by atoms with Crippen molar-refractivity contribution in [3.63, 3.8) is 0 Å². The molecule has 0 spiro atoms. The van der Waals surface area contributed by atoms with Gasteiger partial charge in [0.25, 0.3) is 5.91 Å². The number of halogens is 3. The molecular formula is C22H26Cl2FN5O. The van der Waals surface area contributed by atoms with E-state index in [1.165, 1.54) is 6.08 Å². The molecule has 0 aromatic heterocycles. The average molecular weight is 466 g/mol. The van der Waals surface area contributed by atoms with Crippen LogP contribution in [0.15, 0.2) is 75.3 Å². The number of nitrogens with two attached hydrogens (primary N) is 2. The van der Waals surface area contributed by atoms with Gasteiger partial charge in [-0.15, -0.1) is 0 Å². The second kappa shape index (κ2) is 10.6. The quantitative estimate of drug-likeness (QED) is 0.464. The molecule has 0 bridgehead atoms. The van der Waals surface area contributed by atoms with Crippen molar-refractivity contribution in [3.8, 4) is 0 Å². The van der Waals surface area contributed by atoms with Crippen LogP contribution < -0.4 is 22.1 Å². The predicted molar refractivity (Wildman–Crippen MR) is 123 cm³/mol. The Kier molecular flexibility index (Phi) is 7.87. The van der Waals surface area contributed by atoms with E-state index in [1.54, 1.807) is 6.08 Å². The van der Waals surface area contributed by atoms with Crippen LogP contribution in [0.3, 0.4) is 0 Å². The molecule has 1 atom stereocenters. The molecule has 1 aliphatic carbocycles. The maximum absolute atomic E-state index is 14.0. The van der Waals surface area contributed by atoms with Gasteiger partial charge in [0.05, 0.1) is 16.4 Å². The monoisotopic (exact) mass is 465 g/mol. The summed E-state index contributed by atoms with van der Waals surface area (Å²) in [7, 11) is 0. The number of benzene rings is 1. The van der Waals surface area contributed by atoms with Gasteiger partial charge in [-0.2, -0.15) is 0 Å². The van der Waals surface area contributed by atoms with Crippen LogP contribution in [0.2, 0.25) is 0 Å². The zero-order valence-electron chi connectivity index (χ0n) is 17.0. The van der Waals surface area contributed by atoms with Gasteiger partial charge >= 0.3 is 0 Å². The van der Waals surface area contributed by atoms with Gasteiger partial charge in [-0.1, -0.05) is 59.6 Å². The van der Waals surface area contributed by atoms with Gasteiger partial charge in [0.1, 0.15) is 12.0 Å². The number of amides is 1. The van der Waals surface area contributed by atoms with E-state index in [2.05, 4.69) is 10.6 Å². The molecule has 6 N–H and O–H groups in total. The Morgan fingerprint density at radius 1 is 1.32 bits per heavy atom. The summed E-state index contributed by atoms with van der Waals surface area (Å²) in [5, 5.41) is 6.38. The molecule has 0 radical (unpaired) electrons. The second-order valence-electron chi connectivity index (χ2n) is 7.32. The minimum absolute atomic E-state index is 0.0217. The van der Waals surface area contributed by atoms with Crippen molar-refractivity contribution >= 4 is 29.1 Å².